The fourth-order valence-corrected chi connectivity index (χ4v) is 4.77. The highest BCUT2D eigenvalue weighted by Crippen LogP contribution is 2.56. The average molecular weight is 446 g/mol. The van der Waals surface area contributed by atoms with Crippen LogP contribution in [0, 0.1) is 11.3 Å². The number of anilines is 1. The Balaban J connectivity index is 2.02. The van der Waals surface area contributed by atoms with Crippen LogP contribution in [0.3, 0.4) is 0 Å². The molecule has 3 aromatic rings. The predicted molar refractivity (Wildman–Crippen MR) is 124 cm³/mol. The maximum Gasteiger partial charge on any atom is 0.326 e. The van der Waals surface area contributed by atoms with Crippen LogP contribution in [0.5, 0.6) is 0 Å². The quantitative estimate of drug-likeness (QED) is 0.412. The summed E-state index contributed by atoms with van der Waals surface area (Å²) in [5, 5.41) is 1.65. The zero-order chi connectivity index (χ0) is 23.4. The molecule has 1 heterocycles. The maximum atomic E-state index is 13.6. The Morgan fingerprint density at radius 3 is 1.70 bits per heavy atom. The van der Waals surface area contributed by atoms with Gasteiger partial charge in [-0.25, -0.2) is 5.06 Å². The van der Waals surface area contributed by atoms with Gasteiger partial charge >= 0.3 is 11.9 Å². The number of carbonyl (C=O) groups excluding carboxylic acids is 2. The smallest absolute Gasteiger partial charge is 0.326 e. The highest BCUT2D eigenvalue weighted by molar-refractivity contribution is 6.02. The number of hydroxylamine groups is 1. The van der Waals surface area contributed by atoms with Crippen LogP contribution in [0.1, 0.15) is 30.2 Å². The molecule has 0 amide bonds. The Labute approximate surface area is 193 Å². The molecule has 3 unspecified atom stereocenters. The van der Waals surface area contributed by atoms with E-state index >= 15 is 0 Å². The molecule has 0 radical (unpaired) electrons. The highest BCUT2D eigenvalue weighted by Gasteiger charge is 2.66. The Kier molecular flexibility index (Phi) is 6.47. The van der Waals surface area contributed by atoms with E-state index in [4.69, 9.17) is 14.3 Å². The molecule has 0 N–H and O–H groups in total. The second kappa shape index (κ2) is 9.46. The molecule has 0 spiro atoms. The van der Waals surface area contributed by atoms with Gasteiger partial charge < -0.3 is 9.47 Å². The molecule has 0 aromatic heterocycles. The van der Waals surface area contributed by atoms with Gasteiger partial charge in [-0.3, -0.25) is 14.4 Å². The predicted octanol–water partition coefficient (Wildman–Crippen LogP) is 4.89. The first kappa shape index (κ1) is 22.6. The minimum absolute atomic E-state index is 0.607. The molecule has 6 heteroatoms. The van der Waals surface area contributed by atoms with Crippen molar-refractivity contribution in [3.8, 4) is 0 Å². The summed E-state index contributed by atoms with van der Waals surface area (Å²) in [4.78, 5) is 33.9. The van der Waals surface area contributed by atoms with Crippen molar-refractivity contribution in [3.63, 3.8) is 0 Å². The zero-order valence-electron chi connectivity index (χ0n) is 18.9. The number of benzene rings is 3. The van der Waals surface area contributed by atoms with Crippen molar-refractivity contribution in [1.82, 2.24) is 0 Å². The first-order valence-corrected chi connectivity index (χ1v) is 10.8. The Bertz CT molecular complexity index is 1070. The first-order valence-electron chi connectivity index (χ1n) is 10.8. The van der Waals surface area contributed by atoms with E-state index in [1.807, 2.05) is 97.9 Å². The summed E-state index contributed by atoms with van der Waals surface area (Å²) < 4.78 is 10.6. The van der Waals surface area contributed by atoms with E-state index in [1.165, 1.54) is 14.2 Å². The van der Waals surface area contributed by atoms with E-state index in [2.05, 4.69) is 0 Å². The molecule has 0 saturated carbocycles. The van der Waals surface area contributed by atoms with E-state index in [0.29, 0.717) is 5.69 Å². The molecule has 3 aromatic carbocycles. The monoisotopic (exact) mass is 445 g/mol. The maximum absolute atomic E-state index is 13.6. The van der Waals surface area contributed by atoms with Gasteiger partial charge in [0, 0.05) is 5.92 Å². The molecule has 170 valence electrons. The van der Waals surface area contributed by atoms with Crippen LogP contribution in [0.15, 0.2) is 91.0 Å². The van der Waals surface area contributed by atoms with Crippen molar-refractivity contribution in [2.24, 2.45) is 11.3 Å². The van der Waals surface area contributed by atoms with Crippen LogP contribution < -0.4 is 5.06 Å². The molecule has 1 fully saturated rings. The Hall–Kier alpha value is -3.64. The highest BCUT2D eigenvalue weighted by atomic mass is 16.7. The topological polar surface area (TPSA) is 65.1 Å². The lowest BCUT2D eigenvalue weighted by atomic mass is 9.64. The third-order valence-corrected chi connectivity index (χ3v) is 6.37. The molecule has 3 atom stereocenters. The SMILES string of the molecule is COC(=O)C1(C(=O)OC)C(C)C(c2ccccc2)ON(c2ccccc2)C1c1ccccc1. The number of rotatable bonds is 5. The van der Waals surface area contributed by atoms with Crippen molar-refractivity contribution in [3.05, 3.63) is 102 Å². The number of hydrogen-bond acceptors (Lipinski definition) is 6. The first-order chi connectivity index (χ1) is 16.1. The lowest BCUT2D eigenvalue weighted by Gasteiger charge is -2.52. The van der Waals surface area contributed by atoms with Crippen molar-refractivity contribution >= 4 is 17.6 Å². The van der Waals surface area contributed by atoms with Gasteiger partial charge in [-0.2, -0.15) is 0 Å². The van der Waals surface area contributed by atoms with Gasteiger partial charge in [0.25, 0.3) is 0 Å². The van der Waals surface area contributed by atoms with E-state index in [-0.39, 0.29) is 0 Å². The third kappa shape index (κ3) is 3.76. The lowest BCUT2D eigenvalue weighted by Crippen LogP contribution is -2.61. The summed E-state index contributed by atoms with van der Waals surface area (Å²) in [6.07, 6.45) is -0.607. The van der Waals surface area contributed by atoms with Gasteiger partial charge in [0.2, 0.25) is 0 Å². The van der Waals surface area contributed by atoms with Gasteiger partial charge in [0.05, 0.1) is 19.9 Å². The average Bonchev–Trinajstić information content (AvgIpc) is 2.89. The molecule has 1 aliphatic rings. The van der Waals surface area contributed by atoms with Gasteiger partial charge in [-0.05, 0) is 23.3 Å². The Morgan fingerprint density at radius 1 is 0.758 bits per heavy atom. The number of carbonyl (C=O) groups is 2. The summed E-state index contributed by atoms with van der Waals surface area (Å²) in [5.41, 5.74) is 0.584. The van der Waals surface area contributed by atoms with E-state index in [9.17, 15) is 9.59 Å². The van der Waals surface area contributed by atoms with E-state index in [0.717, 1.165) is 11.1 Å². The number of methoxy groups -OCH3 is 2. The fraction of sp³-hybridized carbons (Fsp3) is 0.259. The van der Waals surface area contributed by atoms with Crippen LogP contribution in [-0.2, 0) is 23.9 Å². The molecule has 0 aliphatic carbocycles. The zero-order valence-corrected chi connectivity index (χ0v) is 18.9. The van der Waals surface area contributed by atoms with Crippen LogP contribution in [0.4, 0.5) is 5.69 Å². The number of esters is 2. The van der Waals surface area contributed by atoms with Crippen molar-refractivity contribution in [2.45, 2.75) is 19.1 Å². The second-order valence-corrected chi connectivity index (χ2v) is 8.05. The van der Waals surface area contributed by atoms with Gasteiger partial charge in [-0.1, -0.05) is 85.8 Å². The van der Waals surface area contributed by atoms with Gasteiger partial charge in [-0.15, -0.1) is 0 Å². The summed E-state index contributed by atoms with van der Waals surface area (Å²) in [7, 11) is 2.59. The molecule has 33 heavy (non-hydrogen) atoms. The molecular weight excluding hydrogens is 418 g/mol. The minimum atomic E-state index is -1.69. The summed E-state index contributed by atoms with van der Waals surface area (Å²) in [6.45, 7) is 1.84. The number of hydrogen-bond donors (Lipinski definition) is 0. The second-order valence-electron chi connectivity index (χ2n) is 8.05. The van der Waals surface area contributed by atoms with Crippen LogP contribution in [-0.4, -0.2) is 26.2 Å². The number of para-hydroxylation sites is 1. The fourth-order valence-electron chi connectivity index (χ4n) is 4.77. The van der Waals surface area contributed by atoms with E-state index in [1.54, 1.807) is 5.06 Å². The van der Waals surface area contributed by atoms with E-state index < -0.39 is 35.4 Å². The summed E-state index contributed by atoms with van der Waals surface area (Å²) in [6, 6.07) is 27.5. The lowest BCUT2D eigenvalue weighted by molar-refractivity contribution is -0.198. The number of ether oxygens (including phenoxy) is 2. The van der Waals surface area contributed by atoms with Crippen molar-refractivity contribution in [2.75, 3.05) is 19.3 Å². The Morgan fingerprint density at radius 2 is 1.21 bits per heavy atom. The summed E-state index contributed by atoms with van der Waals surface area (Å²) in [5.74, 6) is -1.94. The molecule has 6 nitrogen and oxygen atoms in total. The number of nitrogens with zero attached hydrogens (tertiary/aromatic N) is 1. The largest absolute Gasteiger partial charge is 0.468 e. The van der Waals surface area contributed by atoms with Crippen molar-refractivity contribution < 1.29 is 23.9 Å². The standard InChI is InChI=1S/C27H27NO5/c1-19-23(20-13-7-4-8-14-20)33-28(22-17-11-6-12-18-22)24(21-15-9-5-10-16-21)27(19,25(29)31-2)26(30)32-3/h4-19,23-24H,1-3H3. The van der Waals surface area contributed by atoms with Crippen molar-refractivity contribution in [1.29, 1.82) is 0 Å². The van der Waals surface area contributed by atoms with Gasteiger partial charge in [0.1, 0.15) is 12.1 Å². The van der Waals surface area contributed by atoms with Crippen LogP contribution in [0.2, 0.25) is 0 Å². The van der Waals surface area contributed by atoms with Crippen LogP contribution in [0.25, 0.3) is 0 Å². The molecule has 0 bridgehead atoms. The van der Waals surface area contributed by atoms with Crippen LogP contribution >= 0.6 is 0 Å². The molecule has 4 rings (SSSR count). The molecule has 1 saturated heterocycles. The summed E-state index contributed by atoms with van der Waals surface area (Å²) >= 11 is 0. The van der Waals surface area contributed by atoms with Gasteiger partial charge in [0.15, 0.2) is 5.41 Å². The minimum Gasteiger partial charge on any atom is -0.468 e. The molecular formula is C27H27NO5. The normalized spacial score (nSPS) is 21.8. The molecule has 1 aliphatic heterocycles. The third-order valence-electron chi connectivity index (χ3n) is 6.37.